The standard InChI is InChI=1S/C11H10FN5O2/c1-6-2-3-7(12)4-8(6)15-10-9(17(18)19)5-14-11(13)16-10/h2-5H,1H3,(H3,13,14,15,16). The van der Waals surface area contributed by atoms with Gasteiger partial charge in [0.15, 0.2) is 0 Å². The maximum absolute atomic E-state index is 13.2. The zero-order valence-electron chi connectivity index (χ0n) is 9.92. The average molecular weight is 263 g/mol. The molecule has 0 aliphatic rings. The number of nitrogens with two attached hydrogens (primary N) is 1. The normalized spacial score (nSPS) is 10.2. The van der Waals surface area contributed by atoms with Crippen LogP contribution in [0.3, 0.4) is 0 Å². The molecule has 0 fully saturated rings. The maximum Gasteiger partial charge on any atom is 0.329 e. The van der Waals surface area contributed by atoms with Crippen molar-refractivity contribution < 1.29 is 9.31 Å². The minimum atomic E-state index is -0.642. The minimum Gasteiger partial charge on any atom is -0.368 e. The number of hydrogen-bond acceptors (Lipinski definition) is 6. The van der Waals surface area contributed by atoms with Crippen LogP contribution in [-0.2, 0) is 0 Å². The molecule has 0 radical (unpaired) electrons. The van der Waals surface area contributed by atoms with Gasteiger partial charge in [-0.2, -0.15) is 4.98 Å². The third-order valence-electron chi connectivity index (χ3n) is 2.44. The smallest absolute Gasteiger partial charge is 0.329 e. The highest BCUT2D eigenvalue weighted by atomic mass is 19.1. The molecular weight excluding hydrogens is 253 g/mol. The van der Waals surface area contributed by atoms with Crippen LogP contribution in [0, 0.1) is 22.9 Å². The number of halogens is 1. The summed E-state index contributed by atoms with van der Waals surface area (Å²) in [6, 6.07) is 4.06. The first-order valence-electron chi connectivity index (χ1n) is 5.27. The first kappa shape index (κ1) is 12.7. The van der Waals surface area contributed by atoms with E-state index in [1.807, 2.05) is 0 Å². The summed E-state index contributed by atoms with van der Waals surface area (Å²) in [6.45, 7) is 1.73. The molecule has 0 bridgehead atoms. The molecule has 0 aliphatic heterocycles. The quantitative estimate of drug-likeness (QED) is 0.649. The molecule has 0 aliphatic carbocycles. The second-order valence-corrected chi connectivity index (χ2v) is 3.80. The van der Waals surface area contributed by atoms with Gasteiger partial charge < -0.3 is 11.1 Å². The van der Waals surface area contributed by atoms with Crippen molar-refractivity contribution in [3.63, 3.8) is 0 Å². The first-order valence-corrected chi connectivity index (χ1v) is 5.27. The lowest BCUT2D eigenvalue weighted by Crippen LogP contribution is -2.05. The summed E-state index contributed by atoms with van der Waals surface area (Å²) in [7, 11) is 0. The maximum atomic E-state index is 13.2. The zero-order chi connectivity index (χ0) is 14.0. The van der Waals surface area contributed by atoms with Crippen LogP contribution >= 0.6 is 0 Å². The Kier molecular flexibility index (Phi) is 3.23. The van der Waals surface area contributed by atoms with E-state index < -0.39 is 10.7 Å². The fourth-order valence-corrected chi connectivity index (χ4v) is 1.47. The zero-order valence-corrected chi connectivity index (χ0v) is 9.92. The largest absolute Gasteiger partial charge is 0.368 e. The summed E-state index contributed by atoms with van der Waals surface area (Å²) in [5.41, 5.74) is 6.15. The van der Waals surface area contributed by atoms with Gasteiger partial charge in [0.2, 0.25) is 11.8 Å². The van der Waals surface area contributed by atoms with E-state index in [0.717, 1.165) is 6.20 Å². The van der Waals surface area contributed by atoms with Crippen molar-refractivity contribution in [1.29, 1.82) is 0 Å². The summed E-state index contributed by atoms with van der Waals surface area (Å²) in [4.78, 5) is 17.5. The van der Waals surface area contributed by atoms with Gasteiger partial charge in [0.05, 0.1) is 4.92 Å². The molecule has 3 N–H and O–H groups in total. The third kappa shape index (κ3) is 2.73. The minimum absolute atomic E-state index is 0.0776. The van der Waals surface area contributed by atoms with Crippen LogP contribution in [-0.4, -0.2) is 14.9 Å². The molecule has 0 amide bonds. The van der Waals surface area contributed by atoms with Gasteiger partial charge in [0.25, 0.3) is 0 Å². The average Bonchev–Trinajstić information content (AvgIpc) is 2.33. The van der Waals surface area contributed by atoms with Crippen LogP contribution in [0.15, 0.2) is 24.4 Å². The van der Waals surface area contributed by atoms with Crippen LogP contribution in [0.2, 0.25) is 0 Å². The molecule has 1 aromatic heterocycles. The number of nitrogen functional groups attached to an aromatic ring is 1. The van der Waals surface area contributed by atoms with Gasteiger partial charge in [-0.3, -0.25) is 10.1 Å². The fraction of sp³-hybridized carbons (Fsp3) is 0.0909. The molecule has 1 heterocycles. The molecule has 8 heteroatoms. The van der Waals surface area contributed by atoms with Crippen molar-refractivity contribution in [2.75, 3.05) is 11.1 Å². The number of nitro groups is 1. The van der Waals surface area contributed by atoms with Crippen LogP contribution in [0.4, 0.5) is 27.5 Å². The summed E-state index contributed by atoms with van der Waals surface area (Å²) >= 11 is 0. The Morgan fingerprint density at radius 3 is 2.89 bits per heavy atom. The van der Waals surface area contributed by atoms with Gasteiger partial charge >= 0.3 is 5.69 Å². The van der Waals surface area contributed by atoms with Crippen molar-refractivity contribution in [3.8, 4) is 0 Å². The molecule has 2 aromatic rings. The Balaban J connectivity index is 2.45. The Morgan fingerprint density at radius 1 is 1.47 bits per heavy atom. The van der Waals surface area contributed by atoms with Crippen LogP contribution in [0.25, 0.3) is 0 Å². The van der Waals surface area contributed by atoms with Crippen molar-refractivity contribution in [3.05, 3.63) is 45.9 Å². The van der Waals surface area contributed by atoms with E-state index in [4.69, 9.17) is 5.73 Å². The Bertz CT molecular complexity index is 647. The van der Waals surface area contributed by atoms with E-state index in [-0.39, 0.29) is 17.5 Å². The molecule has 0 spiro atoms. The van der Waals surface area contributed by atoms with E-state index >= 15 is 0 Å². The molecule has 0 unspecified atom stereocenters. The third-order valence-corrected chi connectivity index (χ3v) is 2.44. The SMILES string of the molecule is Cc1ccc(F)cc1Nc1nc(N)ncc1[N+](=O)[O-]. The number of aryl methyl sites for hydroxylation is 1. The summed E-state index contributed by atoms with van der Waals surface area (Å²) < 4.78 is 13.2. The van der Waals surface area contributed by atoms with E-state index in [1.54, 1.807) is 13.0 Å². The molecule has 0 saturated heterocycles. The lowest BCUT2D eigenvalue weighted by atomic mass is 10.2. The Labute approximate surface area is 107 Å². The number of benzene rings is 1. The van der Waals surface area contributed by atoms with Crippen LogP contribution in [0.1, 0.15) is 5.56 Å². The van der Waals surface area contributed by atoms with Gasteiger partial charge in [-0.05, 0) is 24.6 Å². The highest BCUT2D eigenvalue weighted by Crippen LogP contribution is 2.27. The van der Waals surface area contributed by atoms with Crippen molar-refractivity contribution in [2.45, 2.75) is 6.92 Å². The Morgan fingerprint density at radius 2 is 2.21 bits per heavy atom. The molecular formula is C11H10FN5O2. The lowest BCUT2D eigenvalue weighted by Gasteiger charge is -2.09. The van der Waals surface area contributed by atoms with Crippen molar-refractivity contribution >= 4 is 23.1 Å². The molecule has 19 heavy (non-hydrogen) atoms. The van der Waals surface area contributed by atoms with E-state index in [1.165, 1.54) is 12.1 Å². The molecule has 0 atom stereocenters. The van der Waals surface area contributed by atoms with E-state index in [9.17, 15) is 14.5 Å². The first-order chi connectivity index (χ1) is 8.97. The van der Waals surface area contributed by atoms with Crippen LogP contribution in [0.5, 0.6) is 0 Å². The van der Waals surface area contributed by atoms with E-state index in [2.05, 4.69) is 15.3 Å². The lowest BCUT2D eigenvalue weighted by molar-refractivity contribution is -0.384. The number of rotatable bonds is 3. The molecule has 1 aromatic carbocycles. The van der Waals surface area contributed by atoms with Crippen molar-refractivity contribution in [2.24, 2.45) is 0 Å². The fourth-order valence-electron chi connectivity index (χ4n) is 1.47. The van der Waals surface area contributed by atoms with Gasteiger partial charge in [0.1, 0.15) is 12.0 Å². The number of nitrogens with one attached hydrogen (secondary N) is 1. The van der Waals surface area contributed by atoms with Gasteiger partial charge in [-0.15, -0.1) is 0 Å². The molecule has 2 rings (SSSR count). The summed E-state index contributed by atoms with van der Waals surface area (Å²) in [5.74, 6) is -0.647. The highest BCUT2D eigenvalue weighted by Gasteiger charge is 2.17. The number of anilines is 3. The van der Waals surface area contributed by atoms with Gasteiger partial charge in [0, 0.05) is 5.69 Å². The molecule has 0 saturated carbocycles. The summed E-state index contributed by atoms with van der Waals surface area (Å²) in [6.07, 6.45) is 0.999. The van der Waals surface area contributed by atoms with Gasteiger partial charge in [-0.1, -0.05) is 6.07 Å². The predicted octanol–water partition coefficient (Wildman–Crippen LogP) is 2.16. The van der Waals surface area contributed by atoms with Gasteiger partial charge in [-0.25, -0.2) is 9.37 Å². The number of aromatic nitrogens is 2. The predicted molar refractivity (Wildman–Crippen MR) is 67.5 cm³/mol. The van der Waals surface area contributed by atoms with Crippen LogP contribution < -0.4 is 11.1 Å². The second-order valence-electron chi connectivity index (χ2n) is 3.80. The molecule has 7 nitrogen and oxygen atoms in total. The Hall–Kier alpha value is -2.77. The summed E-state index contributed by atoms with van der Waals surface area (Å²) in [5, 5.41) is 13.5. The van der Waals surface area contributed by atoms with E-state index in [0.29, 0.717) is 11.3 Å². The monoisotopic (exact) mass is 263 g/mol. The number of nitrogens with zero attached hydrogens (tertiary/aromatic N) is 3. The molecule has 98 valence electrons. The number of hydrogen-bond donors (Lipinski definition) is 2. The second kappa shape index (κ2) is 4.84. The van der Waals surface area contributed by atoms with Crippen molar-refractivity contribution in [1.82, 2.24) is 9.97 Å². The topological polar surface area (TPSA) is 107 Å². The highest BCUT2D eigenvalue weighted by molar-refractivity contribution is 5.67.